The summed E-state index contributed by atoms with van der Waals surface area (Å²) in [5, 5.41) is 0. The van der Waals surface area contributed by atoms with E-state index in [1.54, 1.807) is 0 Å². The maximum atomic E-state index is 3.38. The van der Waals surface area contributed by atoms with E-state index in [1.165, 1.54) is 0 Å². The topological polar surface area (TPSA) is 6.48 Å². The van der Waals surface area contributed by atoms with Crippen LogP contribution in [0.1, 0.15) is 41.5 Å². The van der Waals surface area contributed by atoms with Crippen LogP contribution >= 0.6 is 0 Å². The molecule has 2 nitrogen and oxygen atoms in total. The van der Waals surface area contributed by atoms with Gasteiger partial charge >= 0.3 is 0 Å². The Morgan fingerprint density at radius 2 is 1.15 bits per heavy atom. The summed E-state index contributed by atoms with van der Waals surface area (Å²) >= 11 is 0. The van der Waals surface area contributed by atoms with Crippen molar-refractivity contribution in [2.75, 3.05) is 7.05 Å². The van der Waals surface area contributed by atoms with Gasteiger partial charge < -0.3 is 0 Å². The molecule has 0 unspecified atom stereocenters. The average Bonchev–Trinajstić information content (AvgIpc) is 1.97. The average molecular weight is 184 g/mol. The zero-order chi connectivity index (χ0) is 10.6. The van der Waals surface area contributed by atoms with Gasteiger partial charge in [-0.1, -0.05) is 0 Å². The molecule has 0 amide bonds. The van der Waals surface area contributed by atoms with Crippen LogP contribution in [0.4, 0.5) is 0 Å². The third-order valence-corrected chi connectivity index (χ3v) is 2.16. The molecule has 13 heavy (non-hydrogen) atoms. The first-order chi connectivity index (χ1) is 5.86. The minimum atomic E-state index is 0.514. The Bertz CT molecular complexity index is 122. The van der Waals surface area contributed by atoms with Gasteiger partial charge in [0.05, 0.1) is 0 Å². The van der Waals surface area contributed by atoms with Gasteiger partial charge in [-0.3, -0.25) is 9.80 Å². The minimum absolute atomic E-state index is 0.514. The van der Waals surface area contributed by atoms with Gasteiger partial charge in [-0.25, -0.2) is 0 Å². The smallest absolute Gasteiger partial charge is 0.146 e. The fraction of sp³-hybridized carbons (Fsp3) is 0.909. The second-order valence-electron chi connectivity index (χ2n) is 4.40. The number of nitrogens with zero attached hydrogens (tertiary/aromatic N) is 2. The van der Waals surface area contributed by atoms with E-state index in [2.05, 4.69) is 65.1 Å². The van der Waals surface area contributed by atoms with Crippen molar-refractivity contribution < 1.29 is 0 Å². The Morgan fingerprint density at radius 1 is 0.769 bits per heavy atom. The fourth-order valence-corrected chi connectivity index (χ4v) is 1.12. The number of hydrogen-bond acceptors (Lipinski definition) is 2. The molecule has 0 N–H and O–H groups in total. The van der Waals surface area contributed by atoms with E-state index < -0.39 is 0 Å². The van der Waals surface area contributed by atoms with Crippen molar-refractivity contribution in [3.63, 3.8) is 0 Å². The molecular formula is C11H24N2. The molecule has 0 aliphatic carbocycles. The highest BCUT2D eigenvalue weighted by Gasteiger charge is 2.17. The Hall–Kier alpha value is -0.0800. The Balaban J connectivity index is 4.10. The highest BCUT2D eigenvalue weighted by atomic mass is 15.3. The molecule has 0 aromatic carbocycles. The highest BCUT2D eigenvalue weighted by molar-refractivity contribution is 4.76. The van der Waals surface area contributed by atoms with Crippen molar-refractivity contribution in [2.24, 2.45) is 0 Å². The van der Waals surface area contributed by atoms with Crippen molar-refractivity contribution >= 4 is 0 Å². The van der Waals surface area contributed by atoms with Crippen molar-refractivity contribution in [1.82, 2.24) is 9.80 Å². The molecule has 0 rings (SSSR count). The van der Waals surface area contributed by atoms with Crippen LogP contribution in [0.25, 0.3) is 0 Å². The van der Waals surface area contributed by atoms with Crippen LogP contribution in [0.5, 0.6) is 0 Å². The van der Waals surface area contributed by atoms with Crippen LogP contribution < -0.4 is 0 Å². The molecule has 0 fully saturated rings. The number of hydrogen-bond donors (Lipinski definition) is 0. The van der Waals surface area contributed by atoms with Crippen molar-refractivity contribution in [3.05, 3.63) is 6.67 Å². The first-order valence-corrected chi connectivity index (χ1v) is 5.13. The van der Waals surface area contributed by atoms with Crippen molar-refractivity contribution in [3.8, 4) is 0 Å². The monoisotopic (exact) mass is 184 g/mol. The fourth-order valence-electron chi connectivity index (χ4n) is 1.12. The molecule has 0 aliphatic rings. The normalized spacial score (nSPS) is 12.9. The van der Waals surface area contributed by atoms with E-state index in [-0.39, 0.29) is 0 Å². The van der Waals surface area contributed by atoms with Gasteiger partial charge in [-0.05, 0) is 48.6 Å². The van der Waals surface area contributed by atoms with E-state index in [9.17, 15) is 0 Å². The lowest BCUT2D eigenvalue weighted by atomic mass is 10.2. The van der Waals surface area contributed by atoms with E-state index in [0.29, 0.717) is 18.1 Å². The van der Waals surface area contributed by atoms with Gasteiger partial charge in [-0.2, -0.15) is 0 Å². The summed E-state index contributed by atoms with van der Waals surface area (Å²) in [6.45, 7) is 16.5. The molecule has 0 atom stereocenters. The predicted molar refractivity (Wildman–Crippen MR) is 58.3 cm³/mol. The van der Waals surface area contributed by atoms with E-state index in [0.717, 1.165) is 0 Å². The molecule has 0 aromatic heterocycles. The molecule has 0 bridgehead atoms. The maximum absolute atomic E-state index is 3.38. The Morgan fingerprint density at radius 3 is 1.38 bits per heavy atom. The van der Waals surface area contributed by atoms with Gasteiger partial charge in [0.1, 0.15) is 6.67 Å². The van der Waals surface area contributed by atoms with Crippen LogP contribution in [0, 0.1) is 6.67 Å². The molecule has 78 valence electrons. The minimum Gasteiger partial charge on any atom is -0.280 e. The van der Waals surface area contributed by atoms with Crippen LogP contribution in [0.3, 0.4) is 0 Å². The van der Waals surface area contributed by atoms with E-state index >= 15 is 0 Å². The standard InChI is InChI=1S/C11H24N2/c1-9(2)12(7)8-13(10(3)4)11(5)6/h9-11H,1-7H3. The largest absolute Gasteiger partial charge is 0.280 e. The van der Waals surface area contributed by atoms with Crippen LogP contribution in [0.15, 0.2) is 0 Å². The lowest BCUT2D eigenvalue weighted by Crippen LogP contribution is -2.41. The maximum Gasteiger partial charge on any atom is 0.146 e. The summed E-state index contributed by atoms with van der Waals surface area (Å²) in [4.78, 5) is 4.38. The molecule has 0 heterocycles. The summed E-state index contributed by atoms with van der Waals surface area (Å²) in [6.07, 6.45) is 0. The zero-order valence-electron chi connectivity index (χ0n) is 10.1. The second-order valence-corrected chi connectivity index (χ2v) is 4.40. The van der Waals surface area contributed by atoms with Gasteiger partial charge in [-0.15, -0.1) is 0 Å². The summed E-state index contributed by atoms with van der Waals surface area (Å²) in [7, 11) is 2.07. The molecule has 2 heteroatoms. The van der Waals surface area contributed by atoms with Gasteiger partial charge in [0.25, 0.3) is 0 Å². The predicted octanol–water partition coefficient (Wildman–Crippen LogP) is 2.44. The lowest BCUT2D eigenvalue weighted by Gasteiger charge is -2.34. The third-order valence-electron chi connectivity index (χ3n) is 2.16. The van der Waals surface area contributed by atoms with E-state index in [1.807, 2.05) is 0 Å². The third kappa shape index (κ3) is 4.63. The van der Waals surface area contributed by atoms with Gasteiger partial charge in [0.2, 0.25) is 0 Å². The van der Waals surface area contributed by atoms with Crippen LogP contribution in [-0.2, 0) is 0 Å². The second kappa shape index (κ2) is 5.61. The molecule has 0 spiro atoms. The molecule has 0 saturated carbocycles. The Kier molecular flexibility index (Phi) is 5.57. The molecule has 0 saturated heterocycles. The molecule has 2 radical (unpaired) electrons. The van der Waals surface area contributed by atoms with E-state index in [4.69, 9.17) is 0 Å². The summed E-state index contributed by atoms with van der Waals surface area (Å²) < 4.78 is 0. The van der Waals surface area contributed by atoms with Crippen LogP contribution in [-0.4, -0.2) is 35.0 Å². The SMILES string of the molecule is CC(C)N(C)[C]N(C(C)C)C(C)C. The summed E-state index contributed by atoms with van der Waals surface area (Å²) in [6, 6.07) is 1.54. The first-order valence-electron chi connectivity index (χ1n) is 5.13. The Labute approximate surface area is 83.9 Å². The molecule has 0 aliphatic heterocycles. The first kappa shape index (κ1) is 12.9. The molecular weight excluding hydrogens is 160 g/mol. The summed E-state index contributed by atoms with van der Waals surface area (Å²) in [5.74, 6) is 0. The molecule has 0 aromatic rings. The van der Waals surface area contributed by atoms with Gasteiger partial charge in [0.15, 0.2) is 0 Å². The lowest BCUT2D eigenvalue weighted by molar-refractivity contribution is 0.136. The van der Waals surface area contributed by atoms with Crippen LogP contribution in [0.2, 0.25) is 0 Å². The summed E-state index contributed by atoms with van der Waals surface area (Å²) in [5.41, 5.74) is 0. The quantitative estimate of drug-likeness (QED) is 0.606. The zero-order valence-corrected chi connectivity index (χ0v) is 10.1. The van der Waals surface area contributed by atoms with Crippen molar-refractivity contribution in [2.45, 2.75) is 59.7 Å². The highest BCUT2D eigenvalue weighted by Crippen LogP contribution is 2.10. The van der Waals surface area contributed by atoms with Gasteiger partial charge in [0, 0.05) is 18.1 Å². The van der Waals surface area contributed by atoms with Crippen molar-refractivity contribution in [1.29, 1.82) is 0 Å². The number of rotatable bonds is 5.